The zero-order valence-corrected chi connectivity index (χ0v) is 11.7. The summed E-state index contributed by atoms with van der Waals surface area (Å²) in [7, 11) is 4.21. The minimum atomic E-state index is 1.13. The summed E-state index contributed by atoms with van der Waals surface area (Å²) in [4.78, 5) is 2.37. The fourth-order valence-electron chi connectivity index (χ4n) is 2.18. The van der Waals surface area contributed by atoms with Crippen LogP contribution in [0.5, 0.6) is 0 Å². The molecule has 0 bridgehead atoms. The van der Waals surface area contributed by atoms with Crippen LogP contribution in [0.2, 0.25) is 0 Å². The molecule has 17 heavy (non-hydrogen) atoms. The van der Waals surface area contributed by atoms with Crippen LogP contribution in [0.3, 0.4) is 0 Å². The van der Waals surface area contributed by atoms with E-state index in [9.17, 15) is 0 Å². The van der Waals surface area contributed by atoms with Gasteiger partial charge in [0.2, 0.25) is 0 Å². The van der Waals surface area contributed by atoms with Gasteiger partial charge in [-0.25, -0.2) is 0 Å². The lowest BCUT2D eigenvalue weighted by Gasteiger charge is -2.21. The maximum atomic E-state index is 3.19. The molecule has 2 heteroatoms. The van der Waals surface area contributed by atoms with Crippen LogP contribution in [0.25, 0.3) is 0 Å². The Morgan fingerprint density at radius 2 is 1.88 bits per heavy atom. The topological polar surface area (TPSA) is 15.3 Å². The molecule has 0 spiro atoms. The molecule has 1 N–H and O–H groups in total. The van der Waals surface area contributed by atoms with E-state index in [2.05, 4.69) is 49.3 Å². The smallest absolute Gasteiger partial charge is 0.0393 e. The number of nitrogens with zero attached hydrogens (tertiary/aromatic N) is 1. The summed E-state index contributed by atoms with van der Waals surface area (Å²) >= 11 is 0. The van der Waals surface area contributed by atoms with Gasteiger partial charge in [-0.2, -0.15) is 0 Å². The Balaban J connectivity index is 2.38. The monoisotopic (exact) mass is 234 g/mol. The highest BCUT2D eigenvalue weighted by molar-refractivity contribution is 5.53. The van der Waals surface area contributed by atoms with E-state index in [1.54, 1.807) is 0 Å². The molecule has 1 rings (SSSR count). The zero-order chi connectivity index (χ0) is 12.7. The summed E-state index contributed by atoms with van der Waals surface area (Å²) in [5.41, 5.74) is 4.08. The maximum absolute atomic E-state index is 3.19. The van der Waals surface area contributed by atoms with Crippen LogP contribution in [0.15, 0.2) is 18.2 Å². The lowest BCUT2D eigenvalue weighted by molar-refractivity contribution is 0.639. The molecule has 1 aromatic carbocycles. The van der Waals surface area contributed by atoms with Crippen molar-refractivity contribution in [3.63, 3.8) is 0 Å². The summed E-state index contributed by atoms with van der Waals surface area (Å²) < 4.78 is 0. The highest BCUT2D eigenvalue weighted by atomic mass is 15.1. The number of anilines is 1. The fourth-order valence-corrected chi connectivity index (χ4v) is 2.18. The van der Waals surface area contributed by atoms with Crippen LogP contribution in [-0.2, 0) is 0 Å². The third kappa shape index (κ3) is 4.78. The summed E-state index contributed by atoms with van der Waals surface area (Å²) in [6.45, 7) is 6.62. The van der Waals surface area contributed by atoms with Gasteiger partial charge < -0.3 is 10.2 Å². The second kappa shape index (κ2) is 7.33. The van der Waals surface area contributed by atoms with Gasteiger partial charge in [0, 0.05) is 19.3 Å². The average molecular weight is 234 g/mol. The van der Waals surface area contributed by atoms with Crippen molar-refractivity contribution < 1.29 is 0 Å². The summed E-state index contributed by atoms with van der Waals surface area (Å²) in [5.74, 6) is 0. The lowest BCUT2D eigenvalue weighted by atomic mass is 10.1. The first kappa shape index (κ1) is 14.0. The lowest BCUT2D eigenvalue weighted by Crippen LogP contribution is -2.19. The third-order valence-corrected chi connectivity index (χ3v) is 3.18. The van der Waals surface area contributed by atoms with Gasteiger partial charge in [0.25, 0.3) is 0 Å². The van der Waals surface area contributed by atoms with E-state index in [0.717, 1.165) is 13.1 Å². The van der Waals surface area contributed by atoms with Crippen molar-refractivity contribution in [1.29, 1.82) is 0 Å². The quantitative estimate of drug-likeness (QED) is 0.729. The van der Waals surface area contributed by atoms with E-state index >= 15 is 0 Å². The highest BCUT2D eigenvalue weighted by Gasteiger charge is 2.03. The van der Waals surface area contributed by atoms with Crippen LogP contribution >= 0.6 is 0 Å². The Morgan fingerprint density at radius 3 is 2.53 bits per heavy atom. The van der Waals surface area contributed by atoms with Crippen molar-refractivity contribution >= 4 is 5.69 Å². The highest BCUT2D eigenvalue weighted by Crippen LogP contribution is 2.20. The second-order valence-corrected chi connectivity index (χ2v) is 4.88. The molecule has 0 aliphatic rings. The number of benzene rings is 1. The van der Waals surface area contributed by atoms with E-state index < -0.39 is 0 Å². The number of rotatable bonds is 7. The fraction of sp³-hybridized carbons (Fsp3) is 0.600. The van der Waals surface area contributed by atoms with Gasteiger partial charge in [-0.05, 0) is 51.9 Å². The van der Waals surface area contributed by atoms with E-state index in [-0.39, 0.29) is 0 Å². The summed E-state index contributed by atoms with van der Waals surface area (Å²) in [6, 6.07) is 6.69. The van der Waals surface area contributed by atoms with Gasteiger partial charge in [-0.15, -0.1) is 0 Å². The van der Waals surface area contributed by atoms with Gasteiger partial charge >= 0.3 is 0 Å². The molecule has 96 valence electrons. The van der Waals surface area contributed by atoms with E-state index in [0.29, 0.717) is 0 Å². The minimum Gasteiger partial charge on any atom is -0.374 e. The van der Waals surface area contributed by atoms with Crippen molar-refractivity contribution in [1.82, 2.24) is 5.32 Å². The van der Waals surface area contributed by atoms with Gasteiger partial charge in [-0.3, -0.25) is 0 Å². The van der Waals surface area contributed by atoms with Crippen molar-refractivity contribution in [3.8, 4) is 0 Å². The van der Waals surface area contributed by atoms with Gasteiger partial charge in [-0.1, -0.05) is 24.1 Å². The number of hydrogen-bond acceptors (Lipinski definition) is 2. The number of unbranched alkanes of at least 4 members (excludes halogenated alkanes) is 2. The molecule has 1 aromatic rings. The molecule has 0 aliphatic carbocycles. The van der Waals surface area contributed by atoms with Crippen LogP contribution in [0, 0.1) is 13.8 Å². The Morgan fingerprint density at radius 1 is 1.12 bits per heavy atom. The van der Waals surface area contributed by atoms with Gasteiger partial charge in [0.15, 0.2) is 0 Å². The molecule has 0 heterocycles. The molecule has 0 fully saturated rings. The Bertz CT molecular complexity index is 334. The molecule has 2 nitrogen and oxygen atoms in total. The SMILES string of the molecule is CNCCCCCN(C)c1ccc(C)cc1C. The zero-order valence-electron chi connectivity index (χ0n) is 11.7. The molecule has 0 amide bonds. The Hall–Kier alpha value is -1.02. The van der Waals surface area contributed by atoms with Crippen molar-refractivity contribution in [3.05, 3.63) is 29.3 Å². The van der Waals surface area contributed by atoms with E-state index in [1.165, 1.54) is 36.1 Å². The van der Waals surface area contributed by atoms with Crippen molar-refractivity contribution in [2.24, 2.45) is 0 Å². The van der Waals surface area contributed by atoms with Crippen LogP contribution in [0.4, 0.5) is 5.69 Å². The van der Waals surface area contributed by atoms with Crippen LogP contribution < -0.4 is 10.2 Å². The van der Waals surface area contributed by atoms with E-state index in [4.69, 9.17) is 0 Å². The van der Waals surface area contributed by atoms with E-state index in [1.807, 2.05) is 7.05 Å². The third-order valence-electron chi connectivity index (χ3n) is 3.18. The number of hydrogen-bond donors (Lipinski definition) is 1. The van der Waals surface area contributed by atoms with Gasteiger partial charge in [0.05, 0.1) is 0 Å². The first-order valence-corrected chi connectivity index (χ1v) is 6.58. The normalized spacial score (nSPS) is 10.6. The average Bonchev–Trinajstić information content (AvgIpc) is 2.28. The van der Waals surface area contributed by atoms with Crippen molar-refractivity contribution in [2.75, 3.05) is 32.1 Å². The molecule has 0 saturated carbocycles. The van der Waals surface area contributed by atoms with Crippen LogP contribution in [-0.4, -0.2) is 27.2 Å². The minimum absolute atomic E-state index is 1.13. The molecule has 0 aliphatic heterocycles. The first-order chi connectivity index (χ1) is 8.15. The van der Waals surface area contributed by atoms with Crippen molar-refractivity contribution in [2.45, 2.75) is 33.1 Å². The molecule has 0 atom stereocenters. The second-order valence-electron chi connectivity index (χ2n) is 4.88. The largest absolute Gasteiger partial charge is 0.374 e. The molecular weight excluding hydrogens is 208 g/mol. The summed E-state index contributed by atoms with van der Waals surface area (Å²) in [6.07, 6.45) is 3.85. The first-order valence-electron chi connectivity index (χ1n) is 6.58. The number of aryl methyl sites for hydroxylation is 2. The predicted molar refractivity (Wildman–Crippen MR) is 77.0 cm³/mol. The number of nitrogens with one attached hydrogen (secondary N) is 1. The molecule has 0 unspecified atom stereocenters. The van der Waals surface area contributed by atoms with Crippen LogP contribution in [0.1, 0.15) is 30.4 Å². The van der Waals surface area contributed by atoms with Gasteiger partial charge in [0.1, 0.15) is 0 Å². The Labute approximate surface area is 106 Å². The molecular formula is C15H26N2. The summed E-state index contributed by atoms with van der Waals surface area (Å²) in [5, 5.41) is 3.19. The Kier molecular flexibility index (Phi) is 6.06. The molecule has 0 saturated heterocycles. The standard InChI is InChI=1S/C15H26N2/c1-13-8-9-15(14(2)12-13)17(4)11-7-5-6-10-16-3/h8-9,12,16H,5-7,10-11H2,1-4H3. The predicted octanol–water partition coefficient (Wildman–Crippen LogP) is 3.13. The molecule has 0 aromatic heterocycles. The maximum Gasteiger partial charge on any atom is 0.0393 e. The molecule has 0 radical (unpaired) electrons.